The molecule has 0 saturated carbocycles. The number of hydrogen-bond donors (Lipinski definition) is 1. The minimum Gasteiger partial charge on any atom is -0.478 e. The number of benzene rings is 1. The maximum atomic E-state index is 11.0. The van der Waals surface area contributed by atoms with E-state index in [-0.39, 0.29) is 0 Å². The Balaban J connectivity index is 1.99. The van der Waals surface area contributed by atoms with Crippen molar-refractivity contribution in [2.45, 2.75) is 26.3 Å². The molecule has 1 aliphatic heterocycles. The number of hydrogen-bond acceptors (Lipinski definition) is 2. The fraction of sp³-hybridized carbons (Fsp3) is 0.333. The molecule has 1 N–H and O–H groups in total. The van der Waals surface area contributed by atoms with E-state index in [1.807, 2.05) is 12.3 Å². The maximum Gasteiger partial charge on any atom is 0.335 e. The first-order valence-corrected chi connectivity index (χ1v) is 6.53. The number of carboxylic acids is 1. The molecule has 1 atom stereocenters. The molecule has 19 heavy (non-hydrogen) atoms. The van der Waals surface area contributed by atoms with Crippen LogP contribution in [0.25, 0.3) is 11.3 Å². The monoisotopic (exact) mass is 256 g/mol. The average Bonchev–Trinajstić information content (AvgIpc) is 2.81. The third kappa shape index (κ3) is 2.26. The molecule has 4 heteroatoms. The van der Waals surface area contributed by atoms with Gasteiger partial charge in [-0.3, -0.25) is 0 Å². The van der Waals surface area contributed by atoms with Crippen LogP contribution in [0.4, 0.5) is 0 Å². The van der Waals surface area contributed by atoms with E-state index < -0.39 is 5.97 Å². The van der Waals surface area contributed by atoms with Crippen LogP contribution >= 0.6 is 0 Å². The molecule has 0 amide bonds. The van der Waals surface area contributed by atoms with Gasteiger partial charge in [0.15, 0.2) is 0 Å². The zero-order valence-corrected chi connectivity index (χ0v) is 10.8. The lowest BCUT2D eigenvalue weighted by Crippen LogP contribution is -2.16. The molecular formula is C15H16N2O2. The molecule has 1 aromatic carbocycles. The van der Waals surface area contributed by atoms with Crippen LogP contribution in [0.5, 0.6) is 0 Å². The largest absolute Gasteiger partial charge is 0.478 e. The van der Waals surface area contributed by atoms with Gasteiger partial charge in [0.1, 0.15) is 5.82 Å². The fourth-order valence-corrected chi connectivity index (χ4v) is 2.53. The van der Waals surface area contributed by atoms with E-state index in [2.05, 4.69) is 16.5 Å². The first kappa shape index (κ1) is 12.0. The Kier molecular flexibility index (Phi) is 2.85. The number of aromatic nitrogens is 2. The average molecular weight is 256 g/mol. The number of aromatic carboxylic acids is 1. The van der Waals surface area contributed by atoms with Gasteiger partial charge in [0.05, 0.1) is 11.3 Å². The van der Waals surface area contributed by atoms with Gasteiger partial charge in [0.25, 0.3) is 0 Å². The third-order valence-electron chi connectivity index (χ3n) is 3.66. The van der Waals surface area contributed by atoms with Crippen LogP contribution in [0.15, 0.2) is 30.5 Å². The molecule has 0 fully saturated rings. The van der Waals surface area contributed by atoms with Gasteiger partial charge in [0.2, 0.25) is 0 Å². The number of carbonyl (C=O) groups is 1. The van der Waals surface area contributed by atoms with Crippen LogP contribution in [0, 0.1) is 5.92 Å². The summed E-state index contributed by atoms with van der Waals surface area (Å²) in [6.07, 6.45) is 4.21. The number of aryl methyl sites for hydroxylation is 1. The van der Waals surface area contributed by atoms with Crippen LogP contribution in [-0.2, 0) is 13.0 Å². The zero-order chi connectivity index (χ0) is 13.4. The summed E-state index contributed by atoms with van der Waals surface area (Å²) in [5.41, 5.74) is 2.04. The molecule has 4 nitrogen and oxygen atoms in total. The topological polar surface area (TPSA) is 55.1 Å². The van der Waals surface area contributed by atoms with E-state index in [9.17, 15) is 4.79 Å². The molecule has 0 aliphatic carbocycles. The van der Waals surface area contributed by atoms with Crippen molar-refractivity contribution in [3.8, 4) is 11.3 Å². The highest BCUT2D eigenvalue weighted by molar-refractivity contribution is 5.89. The first-order chi connectivity index (χ1) is 9.13. The van der Waals surface area contributed by atoms with Crippen molar-refractivity contribution in [1.29, 1.82) is 0 Å². The Morgan fingerprint density at radius 2 is 2.32 bits per heavy atom. The Hall–Kier alpha value is -2.10. The Bertz CT molecular complexity index is 631. The molecule has 1 unspecified atom stereocenters. The van der Waals surface area contributed by atoms with Crippen molar-refractivity contribution in [3.05, 3.63) is 41.9 Å². The van der Waals surface area contributed by atoms with Crippen molar-refractivity contribution in [3.63, 3.8) is 0 Å². The molecule has 2 aromatic rings. The zero-order valence-electron chi connectivity index (χ0n) is 10.8. The molecule has 98 valence electrons. The molecule has 1 aromatic heterocycles. The number of imidazole rings is 1. The normalized spacial score (nSPS) is 18.1. The molecule has 3 rings (SSSR count). The Morgan fingerprint density at radius 3 is 3.11 bits per heavy atom. The minimum atomic E-state index is -0.903. The van der Waals surface area contributed by atoms with Crippen LogP contribution in [0.3, 0.4) is 0 Å². The molecule has 0 spiro atoms. The number of nitrogens with zero attached hydrogens (tertiary/aromatic N) is 2. The van der Waals surface area contributed by atoms with Gasteiger partial charge in [-0.15, -0.1) is 0 Å². The van der Waals surface area contributed by atoms with Gasteiger partial charge >= 0.3 is 5.97 Å². The highest BCUT2D eigenvalue weighted by Crippen LogP contribution is 2.25. The number of rotatable bonds is 2. The third-order valence-corrected chi connectivity index (χ3v) is 3.66. The summed E-state index contributed by atoms with van der Waals surface area (Å²) >= 11 is 0. The number of fused-ring (bicyclic) bond motifs is 1. The predicted molar refractivity (Wildman–Crippen MR) is 72.1 cm³/mol. The van der Waals surface area contributed by atoms with E-state index in [1.54, 1.807) is 18.2 Å². The van der Waals surface area contributed by atoms with E-state index in [0.717, 1.165) is 30.0 Å². The van der Waals surface area contributed by atoms with Crippen molar-refractivity contribution < 1.29 is 9.90 Å². The second kappa shape index (κ2) is 4.53. The Labute approximate surface area is 111 Å². The van der Waals surface area contributed by atoms with E-state index in [4.69, 9.17) is 5.11 Å². The lowest BCUT2D eigenvalue weighted by Gasteiger charge is -2.18. The molecule has 1 aliphatic rings. The standard InChI is InChI=1S/C15H16N2O2/c1-10-5-6-17-9-13(16-14(17)7-10)11-3-2-4-12(8-11)15(18)19/h2-4,8-10H,5-7H2,1H3,(H,18,19). The quantitative estimate of drug-likeness (QED) is 0.898. The van der Waals surface area contributed by atoms with Crippen molar-refractivity contribution in [2.75, 3.05) is 0 Å². The SMILES string of the molecule is CC1CCn2cc(-c3cccc(C(=O)O)c3)nc2C1. The summed E-state index contributed by atoms with van der Waals surface area (Å²) in [6.45, 7) is 3.24. The smallest absolute Gasteiger partial charge is 0.335 e. The second-order valence-corrected chi connectivity index (χ2v) is 5.22. The van der Waals surface area contributed by atoms with Gasteiger partial charge in [0, 0.05) is 24.7 Å². The number of carboxylic acid groups (broad SMARTS) is 1. The fourth-order valence-electron chi connectivity index (χ4n) is 2.53. The summed E-state index contributed by atoms with van der Waals surface area (Å²) in [4.78, 5) is 15.6. The minimum absolute atomic E-state index is 0.303. The van der Waals surface area contributed by atoms with Crippen molar-refractivity contribution >= 4 is 5.97 Å². The summed E-state index contributed by atoms with van der Waals surface area (Å²) in [5.74, 6) is 0.877. The first-order valence-electron chi connectivity index (χ1n) is 6.53. The molecular weight excluding hydrogens is 240 g/mol. The molecule has 0 saturated heterocycles. The lowest BCUT2D eigenvalue weighted by atomic mass is 10.0. The lowest BCUT2D eigenvalue weighted by molar-refractivity contribution is 0.0697. The van der Waals surface area contributed by atoms with Gasteiger partial charge in [-0.1, -0.05) is 19.1 Å². The van der Waals surface area contributed by atoms with E-state index in [1.165, 1.54) is 6.42 Å². The summed E-state index contributed by atoms with van der Waals surface area (Å²) in [5, 5.41) is 9.03. The molecule has 0 bridgehead atoms. The van der Waals surface area contributed by atoms with Gasteiger partial charge in [-0.05, 0) is 24.5 Å². The van der Waals surface area contributed by atoms with Gasteiger partial charge in [-0.25, -0.2) is 9.78 Å². The van der Waals surface area contributed by atoms with Crippen LogP contribution in [0.2, 0.25) is 0 Å². The predicted octanol–water partition coefficient (Wildman–Crippen LogP) is 2.83. The van der Waals surface area contributed by atoms with Gasteiger partial charge in [-0.2, -0.15) is 0 Å². The summed E-state index contributed by atoms with van der Waals surface area (Å²) in [7, 11) is 0. The van der Waals surface area contributed by atoms with Crippen LogP contribution in [-0.4, -0.2) is 20.6 Å². The summed E-state index contributed by atoms with van der Waals surface area (Å²) in [6, 6.07) is 6.95. The maximum absolute atomic E-state index is 11.0. The van der Waals surface area contributed by atoms with Crippen molar-refractivity contribution in [2.24, 2.45) is 5.92 Å². The van der Waals surface area contributed by atoms with E-state index in [0.29, 0.717) is 11.5 Å². The molecule has 2 heterocycles. The van der Waals surface area contributed by atoms with Gasteiger partial charge < -0.3 is 9.67 Å². The highest BCUT2D eigenvalue weighted by atomic mass is 16.4. The molecule has 0 radical (unpaired) electrons. The van der Waals surface area contributed by atoms with Crippen LogP contribution in [0.1, 0.15) is 29.5 Å². The summed E-state index contributed by atoms with van der Waals surface area (Å²) < 4.78 is 2.18. The van der Waals surface area contributed by atoms with Crippen LogP contribution < -0.4 is 0 Å². The second-order valence-electron chi connectivity index (χ2n) is 5.22. The highest BCUT2D eigenvalue weighted by Gasteiger charge is 2.18. The Morgan fingerprint density at radius 1 is 1.47 bits per heavy atom. The van der Waals surface area contributed by atoms with E-state index >= 15 is 0 Å². The van der Waals surface area contributed by atoms with Crippen molar-refractivity contribution in [1.82, 2.24) is 9.55 Å².